The third-order valence-corrected chi connectivity index (χ3v) is 4.09. The summed E-state index contributed by atoms with van der Waals surface area (Å²) in [7, 11) is 0. The van der Waals surface area contributed by atoms with Crippen LogP contribution in [0.15, 0.2) is 52.1 Å². The molecule has 1 aromatic heterocycles. The molecule has 25 heavy (non-hydrogen) atoms. The molecular weight excluding hydrogens is 314 g/mol. The lowest BCUT2D eigenvalue weighted by atomic mass is 10.1. The summed E-state index contributed by atoms with van der Waals surface area (Å²) in [6, 6.07) is 12.1. The minimum Gasteiger partial charge on any atom is -0.469 e. The normalized spacial score (nSPS) is 14.2. The molecule has 136 valence electrons. The van der Waals surface area contributed by atoms with Crippen LogP contribution in [0, 0.1) is 6.92 Å². The van der Waals surface area contributed by atoms with Crippen molar-refractivity contribution in [3.05, 3.63) is 59.5 Å². The third kappa shape index (κ3) is 6.63. The fourth-order valence-corrected chi connectivity index (χ4v) is 2.41. The summed E-state index contributed by atoms with van der Waals surface area (Å²) in [6.45, 7) is 7.29. The van der Waals surface area contributed by atoms with Gasteiger partial charge in [0.15, 0.2) is 5.96 Å². The Morgan fingerprint density at radius 1 is 1.28 bits per heavy atom. The molecule has 0 bridgehead atoms. The molecule has 3 N–H and O–H groups in total. The maximum atomic E-state index is 10.4. The van der Waals surface area contributed by atoms with E-state index in [1.807, 2.05) is 43.3 Å². The minimum atomic E-state index is -0.611. The van der Waals surface area contributed by atoms with Crippen molar-refractivity contribution < 1.29 is 9.52 Å². The molecule has 0 aliphatic carbocycles. The van der Waals surface area contributed by atoms with Gasteiger partial charge >= 0.3 is 0 Å². The first-order valence-corrected chi connectivity index (χ1v) is 8.90. The number of aryl methyl sites for hydroxylation is 1. The first kappa shape index (κ1) is 19.1. The van der Waals surface area contributed by atoms with Gasteiger partial charge in [0, 0.05) is 19.0 Å². The van der Waals surface area contributed by atoms with Crippen LogP contribution in [0.4, 0.5) is 0 Å². The molecule has 0 spiro atoms. The molecule has 2 atom stereocenters. The number of hydrogen-bond acceptors (Lipinski definition) is 3. The highest BCUT2D eigenvalue weighted by Gasteiger charge is 2.09. The van der Waals surface area contributed by atoms with Gasteiger partial charge in [0.2, 0.25) is 0 Å². The van der Waals surface area contributed by atoms with E-state index in [1.54, 1.807) is 6.26 Å². The molecule has 5 heteroatoms. The average molecular weight is 343 g/mol. The molecule has 0 aliphatic rings. The molecule has 2 unspecified atom stereocenters. The topological polar surface area (TPSA) is 69.8 Å². The van der Waals surface area contributed by atoms with Crippen LogP contribution < -0.4 is 10.6 Å². The number of aliphatic hydroxyl groups excluding tert-OH is 1. The lowest BCUT2D eigenvalue weighted by Crippen LogP contribution is -2.43. The Balaban J connectivity index is 1.94. The first-order chi connectivity index (χ1) is 12.1. The van der Waals surface area contributed by atoms with Gasteiger partial charge in [0.25, 0.3) is 0 Å². The van der Waals surface area contributed by atoms with E-state index in [-0.39, 0.29) is 0 Å². The number of nitrogens with one attached hydrogen (secondary N) is 2. The van der Waals surface area contributed by atoms with Crippen molar-refractivity contribution in [1.82, 2.24) is 10.6 Å². The van der Waals surface area contributed by atoms with Gasteiger partial charge in [-0.3, -0.25) is 4.99 Å². The van der Waals surface area contributed by atoms with Crippen LogP contribution in [0.3, 0.4) is 0 Å². The van der Waals surface area contributed by atoms with E-state index in [2.05, 4.69) is 29.5 Å². The molecular formula is C20H29N3O2. The van der Waals surface area contributed by atoms with Crippen LogP contribution in [-0.4, -0.2) is 30.2 Å². The maximum absolute atomic E-state index is 10.4. The standard InChI is InChI=1S/C20H29N3O2/c1-4-16(3)23-20(21-11-10-18-9-6-12-25-18)22-14-19(24)17-8-5-7-15(2)13-17/h5-9,12-13,16,19,24H,4,10-11,14H2,1-3H3,(H2,21,22,23). The zero-order chi connectivity index (χ0) is 18.1. The van der Waals surface area contributed by atoms with Crippen LogP contribution in [0.25, 0.3) is 0 Å². The Hall–Kier alpha value is -2.27. The van der Waals surface area contributed by atoms with Crippen molar-refractivity contribution in [3.63, 3.8) is 0 Å². The molecule has 5 nitrogen and oxygen atoms in total. The van der Waals surface area contributed by atoms with Gasteiger partial charge in [-0.1, -0.05) is 36.8 Å². The molecule has 1 heterocycles. The highest BCUT2D eigenvalue weighted by molar-refractivity contribution is 5.80. The Morgan fingerprint density at radius 2 is 2.12 bits per heavy atom. The van der Waals surface area contributed by atoms with Crippen molar-refractivity contribution in [3.8, 4) is 0 Å². The zero-order valence-corrected chi connectivity index (χ0v) is 15.3. The smallest absolute Gasteiger partial charge is 0.191 e. The second-order valence-electron chi connectivity index (χ2n) is 6.33. The number of benzene rings is 1. The zero-order valence-electron chi connectivity index (χ0n) is 15.3. The quantitative estimate of drug-likeness (QED) is 0.508. The summed E-state index contributed by atoms with van der Waals surface area (Å²) in [5.41, 5.74) is 2.03. The molecule has 0 aliphatic heterocycles. The Bertz CT molecular complexity index is 653. The van der Waals surface area contributed by atoms with E-state index >= 15 is 0 Å². The molecule has 0 saturated heterocycles. The second kappa shape index (κ2) is 9.89. The Morgan fingerprint density at radius 3 is 2.80 bits per heavy atom. The number of nitrogens with zero attached hydrogens (tertiary/aromatic N) is 1. The van der Waals surface area contributed by atoms with E-state index in [9.17, 15) is 5.11 Å². The average Bonchev–Trinajstić information content (AvgIpc) is 3.12. The Kier molecular flexibility index (Phi) is 7.54. The van der Waals surface area contributed by atoms with Crippen molar-refractivity contribution in [2.45, 2.75) is 45.8 Å². The van der Waals surface area contributed by atoms with Gasteiger partial charge in [0.1, 0.15) is 5.76 Å². The number of aliphatic imine (C=N–C) groups is 1. The Labute approximate surface area is 150 Å². The predicted octanol–water partition coefficient (Wildman–Crippen LogP) is 3.20. The third-order valence-electron chi connectivity index (χ3n) is 4.09. The minimum absolute atomic E-state index is 0.311. The van der Waals surface area contributed by atoms with Crippen LogP contribution in [0.2, 0.25) is 0 Å². The summed E-state index contributed by atoms with van der Waals surface area (Å²) in [5, 5.41) is 17.1. The second-order valence-corrected chi connectivity index (χ2v) is 6.33. The highest BCUT2D eigenvalue weighted by Crippen LogP contribution is 2.14. The van der Waals surface area contributed by atoms with Gasteiger partial charge in [-0.15, -0.1) is 0 Å². The lowest BCUT2D eigenvalue weighted by molar-refractivity contribution is 0.187. The molecule has 0 saturated carbocycles. The maximum Gasteiger partial charge on any atom is 0.191 e. The van der Waals surface area contributed by atoms with Gasteiger partial charge in [-0.25, -0.2) is 0 Å². The lowest BCUT2D eigenvalue weighted by Gasteiger charge is -2.18. The summed E-state index contributed by atoms with van der Waals surface area (Å²) in [5.74, 6) is 1.66. The summed E-state index contributed by atoms with van der Waals surface area (Å²) >= 11 is 0. The van der Waals surface area contributed by atoms with Crippen molar-refractivity contribution in [2.75, 3.05) is 13.1 Å². The number of guanidine groups is 1. The highest BCUT2D eigenvalue weighted by atomic mass is 16.3. The fraction of sp³-hybridized carbons (Fsp3) is 0.450. The van der Waals surface area contributed by atoms with E-state index in [1.165, 1.54) is 0 Å². The van der Waals surface area contributed by atoms with Crippen molar-refractivity contribution in [2.24, 2.45) is 4.99 Å². The van der Waals surface area contributed by atoms with Crippen molar-refractivity contribution >= 4 is 5.96 Å². The summed E-state index contributed by atoms with van der Waals surface area (Å²) in [4.78, 5) is 4.55. The molecule has 2 rings (SSSR count). The van der Waals surface area contributed by atoms with E-state index in [0.29, 0.717) is 18.5 Å². The molecule has 2 aromatic rings. The molecule has 1 aromatic carbocycles. The number of aliphatic hydroxyl groups is 1. The van der Waals surface area contributed by atoms with E-state index in [4.69, 9.17) is 4.42 Å². The van der Waals surface area contributed by atoms with Gasteiger partial charge in [-0.2, -0.15) is 0 Å². The van der Waals surface area contributed by atoms with E-state index in [0.717, 1.165) is 36.3 Å². The number of hydrogen-bond donors (Lipinski definition) is 3. The first-order valence-electron chi connectivity index (χ1n) is 8.90. The van der Waals surface area contributed by atoms with Gasteiger partial charge in [-0.05, 0) is 38.0 Å². The van der Waals surface area contributed by atoms with Crippen LogP contribution in [0.5, 0.6) is 0 Å². The van der Waals surface area contributed by atoms with Gasteiger partial charge < -0.3 is 20.2 Å². The molecule has 0 fully saturated rings. The van der Waals surface area contributed by atoms with E-state index < -0.39 is 6.10 Å². The van der Waals surface area contributed by atoms with Crippen LogP contribution in [0.1, 0.15) is 43.3 Å². The molecule has 0 radical (unpaired) electrons. The number of furan rings is 1. The monoisotopic (exact) mass is 343 g/mol. The largest absolute Gasteiger partial charge is 0.469 e. The number of rotatable bonds is 8. The predicted molar refractivity (Wildman–Crippen MR) is 102 cm³/mol. The van der Waals surface area contributed by atoms with Gasteiger partial charge in [0.05, 0.1) is 18.9 Å². The van der Waals surface area contributed by atoms with Crippen LogP contribution in [-0.2, 0) is 6.42 Å². The van der Waals surface area contributed by atoms with Crippen molar-refractivity contribution in [1.29, 1.82) is 0 Å². The summed E-state index contributed by atoms with van der Waals surface area (Å²) < 4.78 is 5.34. The SMILES string of the molecule is CCC(C)NC(=NCC(O)c1cccc(C)c1)NCCc1ccco1. The summed E-state index contributed by atoms with van der Waals surface area (Å²) in [6.07, 6.45) is 2.86. The molecule has 0 amide bonds. The van der Waals surface area contributed by atoms with Crippen LogP contribution >= 0.6 is 0 Å². The fourth-order valence-electron chi connectivity index (χ4n) is 2.41.